The van der Waals surface area contributed by atoms with Crippen molar-refractivity contribution in [3.63, 3.8) is 0 Å². The molecular formula is C25H29N5O4S3. The van der Waals surface area contributed by atoms with Crippen LogP contribution in [-0.4, -0.2) is 70.8 Å². The van der Waals surface area contributed by atoms with Gasteiger partial charge in [-0.2, -0.15) is 0 Å². The van der Waals surface area contributed by atoms with Crippen LogP contribution in [0.2, 0.25) is 0 Å². The maximum absolute atomic E-state index is 13.0. The Balaban J connectivity index is 1.15. The van der Waals surface area contributed by atoms with E-state index in [9.17, 15) is 14.7 Å². The SMILES string of the molecule is O=C(Nc1ccccc1N1CCOCC1)c1csc(C2CCN(C(=O)CCn3c(O)csc3=S)CC2)n1. The normalized spacial score (nSPS) is 16.6. The minimum Gasteiger partial charge on any atom is -0.494 e. The molecule has 37 heavy (non-hydrogen) atoms. The molecule has 1 aromatic carbocycles. The second-order valence-electron chi connectivity index (χ2n) is 9.06. The highest BCUT2D eigenvalue weighted by atomic mass is 32.1. The predicted octanol–water partition coefficient (Wildman–Crippen LogP) is 4.33. The van der Waals surface area contributed by atoms with Gasteiger partial charge in [0.1, 0.15) is 5.69 Å². The van der Waals surface area contributed by atoms with E-state index in [1.165, 1.54) is 22.7 Å². The number of nitrogens with one attached hydrogen (secondary N) is 1. The first kappa shape index (κ1) is 25.8. The van der Waals surface area contributed by atoms with Gasteiger partial charge in [0.05, 0.1) is 35.0 Å². The number of anilines is 2. The summed E-state index contributed by atoms with van der Waals surface area (Å²) < 4.78 is 7.61. The highest BCUT2D eigenvalue weighted by Crippen LogP contribution is 2.32. The van der Waals surface area contributed by atoms with Crippen LogP contribution < -0.4 is 10.2 Å². The van der Waals surface area contributed by atoms with Crippen molar-refractivity contribution in [3.8, 4) is 5.88 Å². The Kier molecular flexibility index (Phi) is 8.18. The zero-order valence-electron chi connectivity index (χ0n) is 20.3. The van der Waals surface area contributed by atoms with Gasteiger partial charge in [0, 0.05) is 50.4 Å². The first-order chi connectivity index (χ1) is 18.0. The molecule has 12 heteroatoms. The number of carbonyl (C=O) groups is 2. The molecule has 0 saturated carbocycles. The number of hydrogen-bond acceptors (Lipinski definition) is 9. The van der Waals surface area contributed by atoms with Gasteiger partial charge in [0.15, 0.2) is 3.95 Å². The van der Waals surface area contributed by atoms with Gasteiger partial charge in [0.2, 0.25) is 11.8 Å². The van der Waals surface area contributed by atoms with Crippen LogP contribution in [0.5, 0.6) is 5.88 Å². The van der Waals surface area contributed by atoms with Crippen molar-refractivity contribution >= 4 is 58.1 Å². The summed E-state index contributed by atoms with van der Waals surface area (Å²) in [5.74, 6) is 0.177. The molecule has 0 atom stereocenters. The molecule has 0 radical (unpaired) electrons. The molecule has 2 N–H and O–H groups in total. The molecule has 2 aliphatic rings. The van der Waals surface area contributed by atoms with E-state index in [2.05, 4.69) is 15.2 Å². The van der Waals surface area contributed by atoms with E-state index in [1.807, 2.05) is 34.5 Å². The second kappa shape index (κ2) is 11.7. The summed E-state index contributed by atoms with van der Waals surface area (Å²) in [6.07, 6.45) is 1.92. The summed E-state index contributed by atoms with van der Waals surface area (Å²) in [6, 6.07) is 7.81. The first-order valence-corrected chi connectivity index (χ1v) is 14.5. The Morgan fingerprint density at radius 3 is 2.59 bits per heavy atom. The molecule has 2 amide bonds. The fraction of sp³-hybridized carbons (Fsp3) is 0.440. The van der Waals surface area contributed by atoms with Crippen LogP contribution in [-0.2, 0) is 16.1 Å². The van der Waals surface area contributed by atoms with E-state index < -0.39 is 0 Å². The molecular weight excluding hydrogens is 531 g/mol. The van der Waals surface area contributed by atoms with Gasteiger partial charge >= 0.3 is 0 Å². The second-order valence-corrected chi connectivity index (χ2v) is 11.5. The van der Waals surface area contributed by atoms with Crippen molar-refractivity contribution in [1.82, 2.24) is 14.5 Å². The quantitative estimate of drug-likeness (QED) is 0.416. The average molecular weight is 560 g/mol. The zero-order valence-corrected chi connectivity index (χ0v) is 22.7. The third-order valence-electron chi connectivity index (χ3n) is 6.77. The van der Waals surface area contributed by atoms with Gasteiger partial charge in [-0.3, -0.25) is 14.2 Å². The van der Waals surface area contributed by atoms with Gasteiger partial charge in [-0.1, -0.05) is 12.1 Å². The number of aromatic nitrogens is 2. The largest absolute Gasteiger partial charge is 0.494 e. The summed E-state index contributed by atoms with van der Waals surface area (Å²) in [4.78, 5) is 34.5. The third-order valence-corrected chi connectivity index (χ3v) is 9.03. The van der Waals surface area contributed by atoms with Crippen molar-refractivity contribution in [1.29, 1.82) is 0 Å². The highest BCUT2D eigenvalue weighted by Gasteiger charge is 2.27. The van der Waals surface area contributed by atoms with Crippen molar-refractivity contribution in [2.24, 2.45) is 0 Å². The monoisotopic (exact) mass is 559 g/mol. The molecule has 0 spiro atoms. The number of hydrogen-bond donors (Lipinski definition) is 2. The topological polar surface area (TPSA) is 99.9 Å². The molecule has 0 aliphatic carbocycles. The average Bonchev–Trinajstić information content (AvgIpc) is 3.55. The van der Waals surface area contributed by atoms with Gasteiger partial charge in [-0.15, -0.1) is 22.7 Å². The van der Waals surface area contributed by atoms with E-state index in [4.69, 9.17) is 17.0 Å². The number of piperidine rings is 1. The van der Waals surface area contributed by atoms with Crippen molar-refractivity contribution < 1.29 is 19.4 Å². The van der Waals surface area contributed by atoms with Gasteiger partial charge in [-0.25, -0.2) is 4.98 Å². The molecule has 2 fully saturated rings. The maximum atomic E-state index is 13.0. The van der Waals surface area contributed by atoms with Gasteiger partial charge in [0.25, 0.3) is 5.91 Å². The van der Waals surface area contributed by atoms with E-state index in [1.54, 1.807) is 9.95 Å². The summed E-state index contributed by atoms with van der Waals surface area (Å²) in [5, 5.41) is 17.2. The number of benzene rings is 1. The molecule has 9 nitrogen and oxygen atoms in total. The minimum atomic E-state index is -0.217. The first-order valence-electron chi connectivity index (χ1n) is 12.3. The van der Waals surface area contributed by atoms with Crippen molar-refractivity contribution in [2.45, 2.75) is 31.7 Å². The summed E-state index contributed by atoms with van der Waals surface area (Å²) >= 11 is 7.99. The van der Waals surface area contributed by atoms with Crippen LogP contribution in [0.4, 0.5) is 11.4 Å². The van der Waals surface area contributed by atoms with E-state index in [-0.39, 0.29) is 23.6 Å². The van der Waals surface area contributed by atoms with E-state index in [0.717, 1.165) is 42.3 Å². The summed E-state index contributed by atoms with van der Waals surface area (Å²) in [5.41, 5.74) is 2.18. The van der Waals surface area contributed by atoms with Crippen LogP contribution in [0.3, 0.4) is 0 Å². The molecule has 5 rings (SSSR count). The number of likely N-dealkylation sites (tertiary alicyclic amines) is 1. The lowest BCUT2D eigenvalue weighted by Gasteiger charge is -2.31. The van der Waals surface area contributed by atoms with Gasteiger partial charge < -0.3 is 25.0 Å². The lowest BCUT2D eigenvalue weighted by molar-refractivity contribution is -0.132. The third kappa shape index (κ3) is 6.03. The molecule has 2 aromatic heterocycles. The zero-order chi connectivity index (χ0) is 25.8. The molecule has 2 aliphatic heterocycles. The summed E-state index contributed by atoms with van der Waals surface area (Å²) in [6.45, 7) is 4.62. The van der Waals surface area contributed by atoms with Crippen molar-refractivity contribution in [2.75, 3.05) is 49.6 Å². The molecule has 2 saturated heterocycles. The van der Waals surface area contributed by atoms with Crippen molar-refractivity contribution in [3.05, 3.63) is 49.7 Å². The number of ether oxygens (including phenoxy) is 1. The fourth-order valence-corrected chi connectivity index (χ4v) is 6.64. The molecule has 0 bridgehead atoms. The minimum absolute atomic E-state index is 0.0593. The Bertz CT molecular complexity index is 1310. The number of carbonyl (C=O) groups excluding carboxylic acids is 2. The van der Waals surface area contributed by atoms with E-state index >= 15 is 0 Å². The molecule has 3 aromatic rings. The summed E-state index contributed by atoms with van der Waals surface area (Å²) in [7, 11) is 0. The number of thiazole rings is 2. The fourth-order valence-electron chi connectivity index (χ4n) is 4.70. The van der Waals surface area contributed by atoms with Crippen LogP contribution in [0.1, 0.15) is 40.7 Å². The lowest BCUT2D eigenvalue weighted by atomic mass is 9.97. The predicted molar refractivity (Wildman–Crippen MR) is 148 cm³/mol. The van der Waals surface area contributed by atoms with Crippen LogP contribution in [0.15, 0.2) is 35.0 Å². The Morgan fingerprint density at radius 2 is 1.86 bits per heavy atom. The smallest absolute Gasteiger partial charge is 0.275 e. The van der Waals surface area contributed by atoms with Gasteiger partial charge in [-0.05, 0) is 37.2 Å². The maximum Gasteiger partial charge on any atom is 0.275 e. The lowest BCUT2D eigenvalue weighted by Crippen LogP contribution is -2.38. The Labute approximate surface area is 228 Å². The van der Waals surface area contributed by atoms with Crippen LogP contribution in [0, 0.1) is 3.95 Å². The number of morpholine rings is 1. The Morgan fingerprint density at radius 1 is 1.11 bits per heavy atom. The standard InChI is InChI=1S/C25H29N5O4S3/c31-21(7-10-30-22(32)16-37-25(30)35)29-8-5-17(6-9-29)24-27-19(15-36-24)23(33)26-18-3-1-2-4-20(18)28-11-13-34-14-12-28/h1-4,15-17,32H,5-14H2,(H,26,33). The highest BCUT2D eigenvalue weighted by molar-refractivity contribution is 7.73. The Hall–Kier alpha value is -2.80. The number of amides is 2. The number of aromatic hydroxyl groups is 1. The molecule has 196 valence electrons. The number of para-hydroxylation sites is 2. The number of rotatable bonds is 7. The van der Waals surface area contributed by atoms with Crippen LogP contribution in [0.25, 0.3) is 0 Å². The van der Waals surface area contributed by atoms with Crippen LogP contribution >= 0.6 is 34.9 Å². The number of nitrogens with zero attached hydrogens (tertiary/aromatic N) is 4. The molecule has 4 heterocycles. The van der Waals surface area contributed by atoms with E-state index in [0.29, 0.717) is 48.9 Å². The molecule has 0 unspecified atom stereocenters.